The Bertz CT molecular complexity index is 792. The average molecular weight is 314 g/mol. The van der Waals surface area contributed by atoms with Gasteiger partial charge >= 0.3 is 0 Å². The van der Waals surface area contributed by atoms with E-state index in [-0.39, 0.29) is 5.91 Å². The first-order valence-electron chi connectivity index (χ1n) is 6.61. The summed E-state index contributed by atoms with van der Waals surface area (Å²) in [5.74, 6) is 0.748. The highest BCUT2D eigenvalue weighted by Gasteiger charge is 2.10. The molecule has 2 heterocycles. The van der Waals surface area contributed by atoms with E-state index in [1.165, 1.54) is 11.8 Å². The first-order valence-corrected chi connectivity index (χ1v) is 7.43. The molecule has 3 aromatic rings. The van der Waals surface area contributed by atoms with Crippen molar-refractivity contribution in [2.75, 3.05) is 5.32 Å². The third-order valence-corrected chi connectivity index (χ3v) is 4.02. The topological polar surface area (TPSA) is 73.0 Å². The van der Waals surface area contributed by atoms with Gasteiger partial charge in [-0.2, -0.15) is 0 Å². The summed E-state index contributed by atoms with van der Waals surface area (Å²) in [5, 5.41) is 11.5. The van der Waals surface area contributed by atoms with Gasteiger partial charge in [0.2, 0.25) is 0 Å². The molecular weight excluding hydrogens is 300 g/mol. The Hall–Kier alpha value is -2.54. The van der Waals surface area contributed by atoms with Crippen LogP contribution >= 0.6 is 11.8 Å². The fourth-order valence-electron chi connectivity index (χ4n) is 1.83. The lowest BCUT2D eigenvalue weighted by molar-refractivity contribution is 0.0995. The van der Waals surface area contributed by atoms with Crippen molar-refractivity contribution < 1.29 is 9.21 Å². The molecule has 1 N–H and O–H groups in total. The highest BCUT2D eigenvalue weighted by Crippen LogP contribution is 2.26. The van der Waals surface area contributed by atoms with E-state index in [4.69, 9.17) is 4.42 Å². The van der Waals surface area contributed by atoms with E-state index in [1.54, 1.807) is 25.4 Å². The number of nitrogens with zero attached hydrogens (tertiary/aromatic N) is 3. The van der Waals surface area contributed by atoms with Gasteiger partial charge in [-0.25, -0.2) is 0 Å². The molecule has 0 unspecified atom stereocenters. The normalized spacial score (nSPS) is 10.6. The number of anilines is 1. The summed E-state index contributed by atoms with van der Waals surface area (Å²) in [5.41, 5.74) is 0.710. The van der Waals surface area contributed by atoms with Gasteiger partial charge in [0.25, 0.3) is 5.91 Å². The van der Waals surface area contributed by atoms with E-state index in [9.17, 15) is 4.79 Å². The second-order valence-electron chi connectivity index (χ2n) is 4.72. The van der Waals surface area contributed by atoms with Crippen molar-refractivity contribution in [1.82, 2.24) is 14.8 Å². The summed E-state index contributed by atoms with van der Waals surface area (Å²) in [6, 6.07) is 10.9. The lowest BCUT2D eigenvalue weighted by Gasteiger charge is -2.05. The lowest BCUT2D eigenvalue weighted by atomic mass is 10.3. The molecule has 6 nitrogen and oxygen atoms in total. The van der Waals surface area contributed by atoms with E-state index < -0.39 is 0 Å². The zero-order chi connectivity index (χ0) is 15.5. The number of aromatic nitrogens is 3. The quantitative estimate of drug-likeness (QED) is 0.801. The number of hydrogen-bond donors (Lipinski definition) is 1. The van der Waals surface area contributed by atoms with Gasteiger partial charge in [-0.3, -0.25) is 4.79 Å². The molecule has 112 valence electrons. The predicted molar refractivity (Wildman–Crippen MR) is 83.0 cm³/mol. The van der Waals surface area contributed by atoms with Crippen LogP contribution in [-0.4, -0.2) is 20.7 Å². The molecule has 0 saturated carbocycles. The number of aryl methyl sites for hydroxylation is 2. The standard InChI is InChI=1S/C15H14N4O2S/c1-10-3-8-13(21-10)14(20)17-11-4-6-12(7-5-11)22-15-18-16-9-19(15)2/h3-9H,1-2H3,(H,17,20). The fourth-order valence-corrected chi connectivity index (χ4v) is 2.59. The molecule has 1 aromatic carbocycles. The molecule has 0 spiro atoms. The number of amides is 1. The van der Waals surface area contributed by atoms with Gasteiger partial charge < -0.3 is 14.3 Å². The zero-order valence-corrected chi connectivity index (χ0v) is 12.9. The molecule has 0 aliphatic rings. The van der Waals surface area contributed by atoms with Gasteiger partial charge in [0.15, 0.2) is 10.9 Å². The van der Waals surface area contributed by atoms with Crippen molar-refractivity contribution in [2.45, 2.75) is 17.0 Å². The van der Waals surface area contributed by atoms with Crippen LogP contribution < -0.4 is 5.32 Å². The number of furan rings is 1. The van der Waals surface area contributed by atoms with E-state index in [0.29, 0.717) is 17.2 Å². The molecule has 0 fully saturated rings. The molecule has 0 aliphatic carbocycles. The second-order valence-corrected chi connectivity index (χ2v) is 5.76. The third kappa shape index (κ3) is 3.20. The van der Waals surface area contributed by atoms with Crippen LogP contribution in [-0.2, 0) is 7.05 Å². The number of benzene rings is 1. The van der Waals surface area contributed by atoms with Crippen molar-refractivity contribution in [3.8, 4) is 0 Å². The van der Waals surface area contributed by atoms with Gasteiger partial charge in [0, 0.05) is 17.6 Å². The molecule has 0 saturated heterocycles. The van der Waals surface area contributed by atoms with Crippen LogP contribution in [0.4, 0.5) is 5.69 Å². The summed E-state index contributed by atoms with van der Waals surface area (Å²) >= 11 is 1.51. The van der Waals surface area contributed by atoms with Crippen LogP contribution in [0.5, 0.6) is 0 Å². The van der Waals surface area contributed by atoms with Gasteiger partial charge in [0.05, 0.1) is 0 Å². The van der Waals surface area contributed by atoms with Crippen molar-refractivity contribution in [2.24, 2.45) is 7.05 Å². The summed E-state index contributed by atoms with van der Waals surface area (Å²) in [6.45, 7) is 1.80. The van der Waals surface area contributed by atoms with E-state index in [1.807, 2.05) is 35.9 Å². The first kappa shape index (κ1) is 14.4. The molecule has 0 aliphatic heterocycles. The lowest BCUT2D eigenvalue weighted by Crippen LogP contribution is -2.10. The van der Waals surface area contributed by atoms with E-state index in [2.05, 4.69) is 15.5 Å². The average Bonchev–Trinajstić information content (AvgIpc) is 3.10. The first-order chi connectivity index (χ1) is 10.6. The summed E-state index contributed by atoms with van der Waals surface area (Å²) in [6.07, 6.45) is 1.66. The van der Waals surface area contributed by atoms with E-state index >= 15 is 0 Å². The maximum Gasteiger partial charge on any atom is 0.291 e. The molecule has 0 bridgehead atoms. The predicted octanol–water partition coefficient (Wildman–Crippen LogP) is 3.12. The minimum Gasteiger partial charge on any atom is -0.456 e. The number of rotatable bonds is 4. The van der Waals surface area contributed by atoms with Crippen molar-refractivity contribution in [3.63, 3.8) is 0 Å². The Morgan fingerprint density at radius 2 is 2.00 bits per heavy atom. The number of nitrogens with one attached hydrogen (secondary N) is 1. The Morgan fingerprint density at radius 3 is 2.59 bits per heavy atom. The maximum atomic E-state index is 12.0. The van der Waals surface area contributed by atoms with Crippen LogP contribution in [0.15, 0.2) is 57.2 Å². The summed E-state index contributed by atoms with van der Waals surface area (Å²) in [7, 11) is 1.89. The monoisotopic (exact) mass is 314 g/mol. The maximum absolute atomic E-state index is 12.0. The Balaban J connectivity index is 1.66. The Labute approximate surface area is 131 Å². The van der Waals surface area contributed by atoms with Crippen molar-refractivity contribution in [1.29, 1.82) is 0 Å². The highest BCUT2D eigenvalue weighted by atomic mass is 32.2. The SMILES string of the molecule is Cc1ccc(C(=O)Nc2ccc(Sc3nncn3C)cc2)o1. The zero-order valence-electron chi connectivity index (χ0n) is 12.1. The minimum atomic E-state index is -0.262. The molecule has 1 amide bonds. The number of hydrogen-bond acceptors (Lipinski definition) is 5. The smallest absolute Gasteiger partial charge is 0.291 e. The van der Waals surface area contributed by atoms with Gasteiger partial charge in [-0.15, -0.1) is 10.2 Å². The van der Waals surface area contributed by atoms with Crippen molar-refractivity contribution in [3.05, 3.63) is 54.2 Å². The molecule has 0 atom stereocenters. The summed E-state index contributed by atoms with van der Waals surface area (Å²) < 4.78 is 7.14. The van der Waals surface area contributed by atoms with Crippen LogP contribution in [0.1, 0.15) is 16.3 Å². The molecule has 7 heteroatoms. The number of carbonyl (C=O) groups excluding carboxylic acids is 1. The van der Waals surface area contributed by atoms with Crippen LogP contribution in [0.25, 0.3) is 0 Å². The molecule has 22 heavy (non-hydrogen) atoms. The molecular formula is C15H14N4O2S. The van der Waals surface area contributed by atoms with Crippen LogP contribution in [0, 0.1) is 6.92 Å². The van der Waals surface area contributed by atoms with E-state index in [0.717, 1.165) is 10.1 Å². The van der Waals surface area contributed by atoms with Gasteiger partial charge in [-0.05, 0) is 55.1 Å². The Kier molecular flexibility index (Phi) is 3.97. The van der Waals surface area contributed by atoms with Crippen LogP contribution in [0.2, 0.25) is 0 Å². The molecule has 2 aromatic heterocycles. The summed E-state index contributed by atoms with van der Waals surface area (Å²) in [4.78, 5) is 13.0. The molecule has 0 radical (unpaired) electrons. The van der Waals surface area contributed by atoms with Crippen molar-refractivity contribution >= 4 is 23.4 Å². The second kappa shape index (κ2) is 6.07. The third-order valence-electron chi connectivity index (χ3n) is 2.96. The van der Waals surface area contributed by atoms with Gasteiger partial charge in [0.1, 0.15) is 12.1 Å². The number of carbonyl (C=O) groups is 1. The minimum absolute atomic E-state index is 0.262. The van der Waals surface area contributed by atoms with Gasteiger partial charge in [-0.1, -0.05) is 0 Å². The largest absolute Gasteiger partial charge is 0.456 e. The molecule has 3 rings (SSSR count). The van der Waals surface area contributed by atoms with Crippen LogP contribution in [0.3, 0.4) is 0 Å². The fraction of sp³-hybridized carbons (Fsp3) is 0.133. The highest BCUT2D eigenvalue weighted by molar-refractivity contribution is 7.99. The Morgan fingerprint density at radius 1 is 1.23 bits per heavy atom.